The second-order valence-corrected chi connectivity index (χ2v) is 4.70. The summed E-state index contributed by atoms with van der Waals surface area (Å²) in [5, 5.41) is 0. The minimum absolute atomic E-state index is 0.324. The normalized spacial score (nSPS) is 12.0. The lowest BCUT2D eigenvalue weighted by molar-refractivity contribution is 0.354. The Morgan fingerprint density at radius 2 is 1.57 bits per heavy atom. The number of benzene rings is 2. The third kappa shape index (κ3) is 3.70. The molecule has 5 heteroatoms. The van der Waals surface area contributed by atoms with Gasteiger partial charge >= 0.3 is 0 Å². The fraction of sp³-hybridized carbons (Fsp3) is 0.250. The molecule has 0 bridgehead atoms. The Labute approximate surface area is 122 Å². The summed E-state index contributed by atoms with van der Waals surface area (Å²) in [4.78, 5) is 0. The average Bonchev–Trinajstić information content (AvgIpc) is 2.45. The molecule has 0 aromatic heterocycles. The molecule has 1 atom stereocenters. The van der Waals surface area contributed by atoms with Crippen molar-refractivity contribution in [1.82, 2.24) is 0 Å². The zero-order chi connectivity index (χ0) is 15.4. The molecule has 2 N–H and O–H groups in total. The highest BCUT2D eigenvalue weighted by molar-refractivity contribution is 5.44. The zero-order valence-corrected chi connectivity index (χ0v) is 11.9. The zero-order valence-electron chi connectivity index (χ0n) is 11.9. The van der Waals surface area contributed by atoms with Crippen molar-refractivity contribution in [3.63, 3.8) is 0 Å². The van der Waals surface area contributed by atoms with E-state index in [1.54, 1.807) is 19.2 Å². The number of nitrogens with two attached hydrogens (primary N) is 1. The summed E-state index contributed by atoms with van der Waals surface area (Å²) in [5.41, 5.74) is 7.41. The van der Waals surface area contributed by atoms with Gasteiger partial charge in [0.15, 0.2) is 11.5 Å². The highest BCUT2D eigenvalue weighted by atomic mass is 19.1. The predicted octanol–water partition coefficient (Wildman–Crippen LogP) is 3.22. The quantitative estimate of drug-likeness (QED) is 0.920. The van der Waals surface area contributed by atoms with Crippen LogP contribution in [0.2, 0.25) is 0 Å². The third-order valence-corrected chi connectivity index (χ3v) is 3.21. The molecule has 2 aromatic carbocycles. The minimum Gasteiger partial charge on any atom is -0.493 e. The van der Waals surface area contributed by atoms with Crippen molar-refractivity contribution in [2.45, 2.75) is 12.5 Å². The maximum atomic E-state index is 13.2. The minimum atomic E-state index is -0.607. The Balaban J connectivity index is 2.21. The molecule has 0 aliphatic carbocycles. The molecule has 112 valence electrons. The first-order valence-electron chi connectivity index (χ1n) is 6.46. The van der Waals surface area contributed by atoms with E-state index in [9.17, 15) is 8.78 Å². The van der Waals surface area contributed by atoms with E-state index in [4.69, 9.17) is 15.2 Å². The number of methoxy groups -OCH3 is 2. The van der Waals surface area contributed by atoms with Crippen LogP contribution in [0.5, 0.6) is 11.5 Å². The highest BCUT2D eigenvalue weighted by Gasteiger charge is 2.12. The van der Waals surface area contributed by atoms with E-state index >= 15 is 0 Å². The van der Waals surface area contributed by atoms with Crippen LogP contribution in [0.25, 0.3) is 0 Å². The summed E-state index contributed by atoms with van der Waals surface area (Å²) in [6, 6.07) is 8.32. The summed E-state index contributed by atoms with van der Waals surface area (Å²) < 4.78 is 36.7. The molecule has 0 radical (unpaired) electrons. The number of halogens is 2. The Bertz CT molecular complexity index is 611. The van der Waals surface area contributed by atoms with E-state index in [0.29, 0.717) is 23.5 Å². The molecule has 3 nitrogen and oxygen atoms in total. The summed E-state index contributed by atoms with van der Waals surface area (Å²) >= 11 is 0. The first-order valence-corrected chi connectivity index (χ1v) is 6.46. The van der Waals surface area contributed by atoms with Crippen molar-refractivity contribution in [2.24, 2.45) is 5.73 Å². The number of ether oxygens (including phenoxy) is 2. The molecule has 0 aliphatic rings. The monoisotopic (exact) mass is 293 g/mol. The number of rotatable bonds is 5. The number of hydrogen-bond acceptors (Lipinski definition) is 3. The van der Waals surface area contributed by atoms with Crippen molar-refractivity contribution < 1.29 is 18.3 Å². The largest absolute Gasteiger partial charge is 0.493 e. The van der Waals surface area contributed by atoms with Gasteiger partial charge < -0.3 is 15.2 Å². The molecule has 0 saturated heterocycles. The molecule has 0 saturated carbocycles. The van der Waals surface area contributed by atoms with Gasteiger partial charge in [-0.25, -0.2) is 8.78 Å². The van der Waals surface area contributed by atoms with Gasteiger partial charge in [0.05, 0.1) is 14.2 Å². The maximum Gasteiger partial charge on any atom is 0.161 e. The predicted molar refractivity (Wildman–Crippen MR) is 76.5 cm³/mol. The van der Waals surface area contributed by atoms with Crippen LogP contribution in [0, 0.1) is 11.6 Å². The first-order chi connectivity index (χ1) is 10.0. The van der Waals surface area contributed by atoms with Gasteiger partial charge in [0.2, 0.25) is 0 Å². The first kappa shape index (κ1) is 15.3. The lowest BCUT2D eigenvalue weighted by atomic mass is 9.99. The van der Waals surface area contributed by atoms with E-state index in [1.807, 2.05) is 6.07 Å². The van der Waals surface area contributed by atoms with Crippen LogP contribution in [-0.2, 0) is 6.42 Å². The Morgan fingerprint density at radius 3 is 2.14 bits per heavy atom. The van der Waals surface area contributed by atoms with Gasteiger partial charge in [-0.05, 0) is 41.8 Å². The van der Waals surface area contributed by atoms with Gasteiger partial charge in [-0.1, -0.05) is 6.07 Å². The fourth-order valence-corrected chi connectivity index (χ4v) is 2.18. The summed E-state index contributed by atoms with van der Waals surface area (Å²) in [6.45, 7) is 0. The highest BCUT2D eigenvalue weighted by Crippen LogP contribution is 2.30. The van der Waals surface area contributed by atoms with Crippen LogP contribution in [0.4, 0.5) is 8.78 Å². The lowest BCUT2D eigenvalue weighted by Crippen LogP contribution is -2.14. The molecular weight excluding hydrogens is 276 g/mol. The smallest absolute Gasteiger partial charge is 0.161 e. The second-order valence-electron chi connectivity index (χ2n) is 4.70. The summed E-state index contributed by atoms with van der Waals surface area (Å²) in [7, 11) is 3.09. The van der Waals surface area contributed by atoms with Gasteiger partial charge in [0.25, 0.3) is 0 Å². The van der Waals surface area contributed by atoms with E-state index < -0.39 is 17.7 Å². The topological polar surface area (TPSA) is 44.5 Å². The molecule has 21 heavy (non-hydrogen) atoms. The van der Waals surface area contributed by atoms with Gasteiger partial charge in [0.1, 0.15) is 11.6 Å². The van der Waals surface area contributed by atoms with Crippen LogP contribution in [0.15, 0.2) is 36.4 Å². The van der Waals surface area contributed by atoms with Crippen molar-refractivity contribution in [3.05, 3.63) is 59.2 Å². The van der Waals surface area contributed by atoms with Gasteiger partial charge in [-0.2, -0.15) is 0 Å². The molecule has 1 unspecified atom stereocenters. The molecule has 0 spiro atoms. The molecular formula is C16H17F2NO2. The molecule has 2 aromatic rings. The van der Waals surface area contributed by atoms with E-state index in [-0.39, 0.29) is 0 Å². The third-order valence-electron chi connectivity index (χ3n) is 3.21. The molecule has 0 aliphatic heterocycles. The molecule has 0 amide bonds. The molecule has 0 fully saturated rings. The van der Waals surface area contributed by atoms with Crippen molar-refractivity contribution in [2.75, 3.05) is 14.2 Å². The second kappa shape index (κ2) is 6.54. The standard InChI is InChI=1S/C16H17F2NO2/c1-20-15-4-3-11(8-16(15)21-2)14(19)7-10-5-12(17)9-13(18)6-10/h3-6,8-9,14H,7,19H2,1-2H3. The summed E-state index contributed by atoms with van der Waals surface area (Å²) in [6.07, 6.45) is 0.324. The maximum absolute atomic E-state index is 13.2. The van der Waals surface area contributed by atoms with Crippen molar-refractivity contribution in [1.29, 1.82) is 0 Å². The van der Waals surface area contributed by atoms with Crippen molar-refractivity contribution in [3.8, 4) is 11.5 Å². The Morgan fingerprint density at radius 1 is 0.952 bits per heavy atom. The van der Waals surface area contributed by atoms with E-state index in [0.717, 1.165) is 11.6 Å². The molecule has 0 heterocycles. The van der Waals surface area contributed by atoms with Crippen LogP contribution < -0.4 is 15.2 Å². The summed E-state index contributed by atoms with van der Waals surface area (Å²) in [5.74, 6) is -0.0462. The van der Waals surface area contributed by atoms with E-state index in [1.165, 1.54) is 19.2 Å². The van der Waals surface area contributed by atoms with Crippen LogP contribution >= 0.6 is 0 Å². The van der Waals surface area contributed by atoms with Gasteiger partial charge in [0, 0.05) is 12.1 Å². The number of hydrogen-bond donors (Lipinski definition) is 1. The van der Waals surface area contributed by atoms with Gasteiger partial charge in [-0.15, -0.1) is 0 Å². The van der Waals surface area contributed by atoms with Crippen LogP contribution in [0.1, 0.15) is 17.2 Å². The Hall–Kier alpha value is -2.14. The molecule has 2 rings (SSSR count). The van der Waals surface area contributed by atoms with Gasteiger partial charge in [-0.3, -0.25) is 0 Å². The SMILES string of the molecule is COc1ccc(C(N)Cc2cc(F)cc(F)c2)cc1OC. The fourth-order valence-electron chi connectivity index (χ4n) is 2.18. The van der Waals surface area contributed by atoms with Crippen molar-refractivity contribution >= 4 is 0 Å². The average molecular weight is 293 g/mol. The van der Waals surface area contributed by atoms with Crippen LogP contribution in [-0.4, -0.2) is 14.2 Å². The Kier molecular flexibility index (Phi) is 4.75. The lowest BCUT2D eigenvalue weighted by Gasteiger charge is -2.15. The van der Waals surface area contributed by atoms with Crippen LogP contribution in [0.3, 0.4) is 0 Å². The van der Waals surface area contributed by atoms with E-state index in [2.05, 4.69) is 0 Å².